The van der Waals surface area contributed by atoms with E-state index in [2.05, 4.69) is 8.75 Å². The molecule has 2 aromatic heterocycles. The normalized spacial score (nSPS) is 18.3. The Morgan fingerprint density at radius 2 is 2.21 bits per heavy atom. The minimum atomic E-state index is -0.253. The lowest BCUT2D eigenvalue weighted by Crippen LogP contribution is -2.21. The number of ether oxygens (including phenoxy) is 1. The fourth-order valence-electron chi connectivity index (χ4n) is 2.44. The zero-order valence-corrected chi connectivity index (χ0v) is 10.5. The fourth-order valence-corrected chi connectivity index (χ4v) is 2.99. The number of hydrogen-bond acceptors (Lipinski definition) is 6. The van der Waals surface area contributed by atoms with Crippen molar-refractivity contribution in [2.24, 2.45) is 0 Å². The number of aromatic nitrogens is 2. The average Bonchev–Trinajstić information content (AvgIpc) is 3.08. The molecule has 0 saturated heterocycles. The Kier molecular flexibility index (Phi) is 2.19. The molecular weight excluding hydrogens is 264 g/mol. The van der Waals surface area contributed by atoms with Gasteiger partial charge in [-0.05, 0) is 24.3 Å². The van der Waals surface area contributed by atoms with E-state index in [4.69, 9.17) is 9.15 Å². The van der Waals surface area contributed by atoms with E-state index >= 15 is 0 Å². The second-order valence-electron chi connectivity index (χ2n) is 4.36. The number of rotatable bonds is 1. The molecule has 0 N–H and O–H groups in total. The van der Waals surface area contributed by atoms with E-state index in [-0.39, 0.29) is 18.3 Å². The average molecular weight is 272 g/mol. The van der Waals surface area contributed by atoms with Gasteiger partial charge >= 0.3 is 5.97 Å². The smallest absolute Gasteiger partial charge is 0.312 e. The van der Waals surface area contributed by atoms with Gasteiger partial charge in [-0.3, -0.25) is 4.79 Å². The SMILES string of the molecule is O=C1CC(c2ccco2)c2c(ccc3nsnc23)O1. The van der Waals surface area contributed by atoms with Crippen molar-refractivity contribution in [1.29, 1.82) is 0 Å². The summed E-state index contributed by atoms with van der Waals surface area (Å²) in [4.78, 5) is 11.7. The lowest BCUT2D eigenvalue weighted by Gasteiger charge is -2.22. The van der Waals surface area contributed by atoms with Gasteiger partial charge in [0.15, 0.2) is 0 Å². The Morgan fingerprint density at radius 3 is 3.05 bits per heavy atom. The van der Waals surface area contributed by atoms with Gasteiger partial charge in [0.1, 0.15) is 22.5 Å². The molecule has 0 spiro atoms. The van der Waals surface area contributed by atoms with E-state index in [1.54, 1.807) is 12.3 Å². The molecule has 0 fully saturated rings. The predicted molar refractivity (Wildman–Crippen MR) is 68.2 cm³/mol. The van der Waals surface area contributed by atoms with E-state index in [0.717, 1.165) is 34.1 Å². The summed E-state index contributed by atoms with van der Waals surface area (Å²) in [5.74, 6) is 0.895. The summed E-state index contributed by atoms with van der Waals surface area (Å²) < 4.78 is 19.3. The van der Waals surface area contributed by atoms with E-state index in [0.29, 0.717) is 5.75 Å². The highest BCUT2D eigenvalue weighted by molar-refractivity contribution is 7.00. The quantitative estimate of drug-likeness (QED) is 0.503. The van der Waals surface area contributed by atoms with Crippen molar-refractivity contribution in [3.8, 4) is 5.75 Å². The molecule has 94 valence electrons. The topological polar surface area (TPSA) is 65.2 Å². The number of carbonyl (C=O) groups is 1. The highest BCUT2D eigenvalue weighted by atomic mass is 32.1. The number of furan rings is 1. The van der Waals surface area contributed by atoms with Crippen molar-refractivity contribution in [3.05, 3.63) is 41.9 Å². The summed E-state index contributed by atoms with van der Waals surface area (Å²) >= 11 is 1.15. The molecule has 1 atom stereocenters. The minimum absolute atomic E-state index is 0.154. The van der Waals surface area contributed by atoms with E-state index < -0.39 is 0 Å². The highest BCUT2D eigenvalue weighted by Crippen LogP contribution is 2.42. The summed E-state index contributed by atoms with van der Waals surface area (Å²) in [5, 5.41) is 0. The molecule has 1 aliphatic heterocycles. The van der Waals surface area contributed by atoms with Crippen LogP contribution < -0.4 is 4.74 Å². The first-order valence-corrected chi connectivity index (χ1v) is 6.55. The zero-order chi connectivity index (χ0) is 12.8. The molecule has 0 bridgehead atoms. The van der Waals surface area contributed by atoms with Gasteiger partial charge in [0.05, 0.1) is 30.3 Å². The van der Waals surface area contributed by atoms with Crippen LogP contribution in [-0.2, 0) is 4.79 Å². The molecule has 0 amide bonds. The van der Waals surface area contributed by atoms with Gasteiger partial charge in [0, 0.05) is 5.56 Å². The summed E-state index contributed by atoms with van der Waals surface area (Å²) in [7, 11) is 0. The third-order valence-corrected chi connectivity index (χ3v) is 3.80. The van der Waals surface area contributed by atoms with Crippen molar-refractivity contribution in [3.63, 3.8) is 0 Å². The summed E-state index contributed by atoms with van der Waals surface area (Å²) in [6, 6.07) is 7.27. The molecule has 4 rings (SSSR count). The molecular formula is C13H8N2O3S. The van der Waals surface area contributed by atoms with Gasteiger partial charge in [-0.25, -0.2) is 0 Å². The maximum absolute atomic E-state index is 11.7. The van der Waals surface area contributed by atoms with E-state index in [9.17, 15) is 4.79 Å². The molecule has 6 heteroatoms. The first-order valence-electron chi connectivity index (χ1n) is 5.82. The Labute approximate surface area is 112 Å². The molecule has 1 aliphatic rings. The molecule has 0 saturated carbocycles. The number of carbonyl (C=O) groups excluding carboxylic acids is 1. The van der Waals surface area contributed by atoms with Gasteiger partial charge in [0.25, 0.3) is 0 Å². The minimum Gasteiger partial charge on any atom is -0.469 e. The number of esters is 1. The Hall–Kier alpha value is -2.21. The van der Waals surface area contributed by atoms with Crippen LogP contribution in [0.4, 0.5) is 0 Å². The van der Waals surface area contributed by atoms with Crippen LogP contribution in [0.2, 0.25) is 0 Å². The molecule has 19 heavy (non-hydrogen) atoms. The lowest BCUT2D eigenvalue weighted by molar-refractivity contribution is -0.135. The van der Waals surface area contributed by atoms with Crippen LogP contribution in [0.5, 0.6) is 5.75 Å². The number of hydrogen-bond donors (Lipinski definition) is 0. The zero-order valence-electron chi connectivity index (χ0n) is 9.70. The summed E-state index contributed by atoms with van der Waals surface area (Å²) in [6.45, 7) is 0. The third kappa shape index (κ3) is 1.57. The monoisotopic (exact) mass is 272 g/mol. The van der Waals surface area contributed by atoms with E-state index in [1.807, 2.05) is 18.2 Å². The van der Waals surface area contributed by atoms with Crippen LogP contribution in [0, 0.1) is 0 Å². The largest absolute Gasteiger partial charge is 0.469 e. The Morgan fingerprint density at radius 1 is 1.26 bits per heavy atom. The maximum atomic E-state index is 11.7. The third-order valence-electron chi connectivity index (χ3n) is 3.26. The molecule has 5 nitrogen and oxygen atoms in total. The maximum Gasteiger partial charge on any atom is 0.312 e. The van der Waals surface area contributed by atoms with Crippen molar-refractivity contribution in [2.75, 3.05) is 0 Å². The van der Waals surface area contributed by atoms with Crippen LogP contribution >= 0.6 is 11.7 Å². The van der Waals surface area contributed by atoms with Gasteiger partial charge < -0.3 is 9.15 Å². The van der Waals surface area contributed by atoms with Crippen LogP contribution in [0.3, 0.4) is 0 Å². The molecule has 1 unspecified atom stereocenters. The first kappa shape index (κ1) is 10.7. The number of fused-ring (bicyclic) bond motifs is 3. The van der Waals surface area contributed by atoms with Crippen molar-refractivity contribution >= 4 is 28.7 Å². The summed E-state index contributed by atoms with van der Waals surface area (Å²) in [6.07, 6.45) is 1.87. The molecule has 0 radical (unpaired) electrons. The van der Waals surface area contributed by atoms with Crippen LogP contribution in [0.15, 0.2) is 34.9 Å². The fraction of sp³-hybridized carbons (Fsp3) is 0.154. The van der Waals surface area contributed by atoms with Crippen LogP contribution in [0.25, 0.3) is 11.0 Å². The number of nitrogens with zero attached hydrogens (tertiary/aromatic N) is 2. The molecule has 0 aliphatic carbocycles. The second-order valence-corrected chi connectivity index (χ2v) is 4.88. The van der Waals surface area contributed by atoms with Gasteiger partial charge in [-0.15, -0.1) is 0 Å². The molecule has 3 aromatic rings. The first-order chi connectivity index (χ1) is 9.33. The number of benzene rings is 1. The van der Waals surface area contributed by atoms with Crippen LogP contribution in [-0.4, -0.2) is 14.7 Å². The summed E-state index contributed by atoms with van der Waals surface area (Å²) in [5.41, 5.74) is 2.50. The molecule has 1 aromatic carbocycles. The van der Waals surface area contributed by atoms with Crippen LogP contribution in [0.1, 0.15) is 23.7 Å². The van der Waals surface area contributed by atoms with Gasteiger partial charge in [-0.2, -0.15) is 8.75 Å². The Balaban J connectivity index is 2.01. The van der Waals surface area contributed by atoms with Crippen molar-refractivity contribution in [1.82, 2.24) is 8.75 Å². The van der Waals surface area contributed by atoms with Gasteiger partial charge in [0.2, 0.25) is 0 Å². The Bertz CT molecular complexity index is 763. The second kappa shape index (κ2) is 3.89. The predicted octanol–water partition coefficient (Wildman–Crippen LogP) is 2.73. The van der Waals surface area contributed by atoms with Crippen molar-refractivity contribution in [2.45, 2.75) is 12.3 Å². The lowest BCUT2D eigenvalue weighted by atomic mass is 9.89. The highest BCUT2D eigenvalue weighted by Gasteiger charge is 2.32. The van der Waals surface area contributed by atoms with Gasteiger partial charge in [-0.1, -0.05) is 0 Å². The van der Waals surface area contributed by atoms with Crippen molar-refractivity contribution < 1.29 is 13.9 Å². The standard InChI is InChI=1S/C13H8N2O3S/c16-11-6-7(9-2-1-5-17-9)12-10(18-11)4-3-8-13(12)15-19-14-8/h1-5,7H,6H2. The molecule has 3 heterocycles. The van der Waals surface area contributed by atoms with E-state index in [1.165, 1.54) is 0 Å².